The molecule has 0 radical (unpaired) electrons. The summed E-state index contributed by atoms with van der Waals surface area (Å²) in [6.07, 6.45) is 0.916. The topological polar surface area (TPSA) is 70.7 Å². The first-order valence-corrected chi connectivity index (χ1v) is 5.57. The molecule has 5 nitrogen and oxygen atoms in total. The van der Waals surface area contributed by atoms with Crippen LogP contribution in [0.15, 0.2) is 29.3 Å². The van der Waals surface area contributed by atoms with Gasteiger partial charge in [0.25, 0.3) is 0 Å². The van der Waals surface area contributed by atoms with Crippen LogP contribution in [0.1, 0.15) is 5.56 Å². The summed E-state index contributed by atoms with van der Waals surface area (Å²) in [4.78, 5) is 17.5. The van der Waals surface area contributed by atoms with Crippen LogP contribution in [0.5, 0.6) is 0 Å². The normalized spacial score (nSPS) is 14.6. The highest BCUT2D eigenvalue weighted by Crippen LogP contribution is 2.27. The van der Waals surface area contributed by atoms with E-state index in [-0.39, 0.29) is 18.4 Å². The predicted octanol–water partition coefficient (Wildman–Crippen LogP) is 0.110. The molecular formula is C12H16N4O. The van der Waals surface area contributed by atoms with E-state index in [1.165, 1.54) is 5.56 Å². The van der Waals surface area contributed by atoms with Crippen LogP contribution < -0.4 is 16.0 Å². The summed E-state index contributed by atoms with van der Waals surface area (Å²) in [6.45, 7) is 0.917. The molecule has 3 N–H and O–H groups in total. The highest BCUT2D eigenvalue weighted by Gasteiger charge is 2.23. The molecule has 1 aromatic rings. The van der Waals surface area contributed by atoms with Crippen LogP contribution in [0.25, 0.3) is 0 Å². The molecule has 0 atom stereocenters. The fraction of sp³-hybridized carbons (Fsp3) is 0.333. The van der Waals surface area contributed by atoms with Gasteiger partial charge >= 0.3 is 0 Å². The molecule has 1 aliphatic rings. The number of nitrogens with zero attached hydrogens (tertiary/aromatic N) is 2. The van der Waals surface area contributed by atoms with E-state index in [2.05, 4.69) is 16.4 Å². The number of benzene rings is 1. The predicted molar refractivity (Wildman–Crippen MR) is 68.0 cm³/mol. The molecule has 1 aromatic carbocycles. The van der Waals surface area contributed by atoms with Crippen molar-refractivity contribution in [3.8, 4) is 0 Å². The molecule has 0 saturated carbocycles. The van der Waals surface area contributed by atoms with Gasteiger partial charge in [-0.3, -0.25) is 9.79 Å². The maximum atomic E-state index is 12.0. The fourth-order valence-electron chi connectivity index (χ4n) is 1.94. The lowest BCUT2D eigenvalue weighted by Gasteiger charge is -2.17. The fourth-order valence-corrected chi connectivity index (χ4v) is 1.94. The van der Waals surface area contributed by atoms with E-state index in [9.17, 15) is 4.79 Å². The van der Waals surface area contributed by atoms with Gasteiger partial charge in [0.05, 0.1) is 6.54 Å². The molecule has 0 spiro atoms. The lowest BCUT2D eigenvalue weighted by atomic mass is 10.2. The molecule has 5 heteroatoms. The zero-order chi connectivity index (χ0) is 12.3. The van der Waals surface area contributed by atoms with Crippen molar-refractivity contribution in [3.05, 3.63) is 29.8 Å². The number of nitrogens with two attached hydrogens (primary N) is 1. The number of hydrogen-bond donors (Lipinski definition) is 2. The summed E-state index contributed by atoms with van der Waals surface area (Å²) in [5.74, 6) is 0.299. The number of carbonyl (C=O) groups excluding carboxylic acids is 1. The van der Waals surface area contributed by atoms with Crippen LogP contribution in [-0.2, 0) is 11.2 Å². The molecule has 2 rings (SSSR count). The largest absolute Gasteiger partial charge is 0.370 e. The summed E-state index contributed by atoms with van der Waals surface area (Å²) < 4.78 is 0. The van der Waals surface area contributed by atoms with Gasteiger partial charge in [0.1, 0.15) is 0 Å². The Labute approximate surface area is 100 Å². The number of amides is 1. The van der Waals surface area contributed by atoms with Crippen LogP contribution in [0.4, 0.5) is 5.69 Å². The third-order valence-corrected chi connectivity index (χ3v) is 2.85. The summed E-state index contributed by atoms with van der Waals surface area (Å²) in [5.41, 5.74) is 7.71. The first-order valence-electron chi connectivity index (χ1n) is 5.57. The van der Waals surface area contributed by atoms with Gasteiger partial charge in [0, 0.05) is 19.3 Å². The third kappa shape index (κ3) is 2.38. The van der Waals surface area contributed by atoms with Gasteiger partial charge < -0.3 is 16.0 Å². The number of fused-ring (bicyclic) bond motifs is 1. The van der Waals surface area contributed by atoms with Crippen LogP contribution in [0.3, 0.4) is 0 Å². The van der Waals surface area contributed by atoms with E-state index in [1.54, 1.807) is 11.9 Å². The smallest absolute Gasteiger partial charge is 0.246 e. The van der Waals surface area contributed by atoms with Crippen molar-refractivity contribution in [2.75, 3.05) is 25.0 Å². The summed E-state index contributed by atoms with van der Waals surface area (Å²) in [6, 6.07) is 7.96. The molecule has 0 aliphatic carbocycles. The van der Waals surface area contributed by atoms with Gasteiger partial charge in [-0.1, -0.05) is 18.2 Å². The van der Waals surface area contributed by atoms with Gasteiger partial charge in [-0.15, -0.1) is 0 Å². The maximum Gasteiger partial charge on any atom is 0.246 e. The van der Waals surface area contributed by atoms with Crippen molar-refractivity contribution in [1.29, 1.82) is 0 Å². The second-order valence-corrected chi connectivity index (χ2v) is 3.89. The molecule has 90 valence electrons. The molecule has 1 aliphatic heterocycles. The summed E-state index contributed by atoms with van der Waals surface area (Å²) in [5, 5.41) is 2.78. The number of nitrogens with one attached hydrogen (secondary N) is 1. The van der Waals surface area contributed by atoms with Crippen molar-refractivity contribution in [3.63, 3.8) is 0 Å². The molecule has 0 aromatic heterocycles. The summed E-state index contributed by atoms with van der Waals surface area (Å²) >= 11 is 0. The molecular weight excluding hydrogens is 216 g/mol. The monoisotopic (exact) mass is 232 g/mol. The zero-order valence-corrected chi connectivity index (χ0v) is 9.81. The quantitative estimate of drug-likeness (QED) is 0.561. The van der Waals surface area contributed by atoms with Gasteiger partial charge in [0.15, 0.2) is 5.96 Å². The Hall–Kier alpha value is -2.04. The zero-order valence-electron chi connectivity index (χ0n) is 9.81. The Morgan fingerprint density at radius 3 is 3.06 bits per heavy atom. The Morgan fingerprint density at radius 1 is 1.53 bits per heavy atom. The molecule has 17 heavy (non-hydrogen) atoms. The van der Waals surface area contributed by atoms with Crippen molar-refractivity contribution < 1.29 is 4.79 Å². The minimum Gasteiger partial charge on any atom is -0.370 e. The lowest BCUT2D eigenvalue weighted by Crippen LogP contribution is -2.42. The van der Waals surface area contributed by atoms with Crippen molar-refractivity contribution in [2.24, 2.45) is 10.7 Å². The van der Waals surface area contributed by atoms with Crippen LogP contribution in [0, 0.1) is 0 Å². The number of rotatable bonds is 2. The minimum absolute atomic E-state index is 0.0153. The maximum absolute atomic E-state index is 12.0. The SMILES string of the molecule is CN=C(N)NCC(=O)N1CCc2ccccc21. The van der Waals surface area contributed by atoms with E-state index in [0.717, 1.165) is 18.7 Å². The average Bonchev–Trinajstić information content (AvgIpc) is 2.79. The highest BCUT2D eigenvalue weighted by atomic mass is 16.2. The third-order valence-electron chi connectivity index (χ3n) is 2.85. The van der Waals surface area contributed by atoms with Gasteiger partial charge in [0.2, 0.25) is 5.91 Å². The van der Waals surface area contributed by atoms with E-state index in [4.69, 9.17) is 5.73 Å². The van der Waals surface area contributed by atoms with Crippen molar-refractivity contribution in [2.45, 2.75) is 6.42 Å². The van der Waals surface area contributed by atoms with Crippen LogP contribution >= 0.6 is 0 Å². The Morgan fingerprint density at radius 2 is 2.29 bits per heavy atom. The number of para-hydroxylation sites is 1. The number of hydrogen-bond acceptors (Lipinski definition) is 2. The van der Waals surface area contributed by atoms with E-state index in [1.807, 2.05) is 18.2 Å². The minimum atomic E-state index is 0.0153. The number of guanidine groups is 1. The average molecular weight is 232 g/mol. The second kappa shape index (κ2) is 4.86. The van der Waals surface area contributed by atoms with Crippen LogP contribution in [0.2, 0.25) is 0 Å². The molecule has 1 amide bonds. The Balaban J connectivity index is 2.03. The molecule has 0 saturated heterocycles. The van der Waals surface area contributed by atoms with Gasteiger partial charge in [-0.25, -0.2) is 0 Å². The Bertz CT molecular complexity index is 456. The van der Waals surface area contributed by atoms with Gasteiger partial charge in [-0.05, 0) is 18.1 Å². The van der Waals surface area contributed by atoms with E-state index in [0.29, 0.717) is 0 Å². The standard InChI is InChI=1S/C12H16N4O/c1-14-12(13)15-8-11(17)16-7-6-9-4-2-3-5-10(9)16/h2-5H,6-8H2,1H3,(H3,13,14,15). The lowest BCUT2D eigenvalue weighted by molar-refractivity contribution is -0.117. The molecule has 0 bridgehead atoms. The van der Waals surface area contributed by atoms with Crippen molar-refractivity contribution >= 4 is 17.6 Å². The molecule has 0 unspecified atom stereocenters. The number of carbonyl (C=O) groups is 1. The number of aliphatic imine (C=N–C) groups is 1. The highest BCUT2D eigenvalue weighted by molar-refractivity contribution is 5.98. The Kier molecular flexibility index (Phi) is 3.27. The van der Waals surface area contributed by atoms with Gasteiger partial charge in [-0.2, -0.15) is 0 Å². The number of anilines is 1. The molecule has 1 heterocycles. The van der Waals surface area contributed by atoms with Crippen molar-refractivity contribution in [1.82, 2.24) is 5.32 Å². The van der Waals surface area contributed by atoms with E-state index >= 15 is 0 Å². The van der Waals surface area contributed by atoms with E-state index < -0.39 is 0 Å². The second-order valence-electron chi connectivity index (χ2n) is 3.89. The summed E-state index contributed by atoms with van der Waals surface area (Å²) in [7, 11) is 1.58. The van der Waals surface area contributed by atoms with Crippen LogP contribution in [-0.4, -0.2) is 32.0 Å². The first-order chi connectivity index (χ1) is 8.22. The first kappa shape index (κ1) is 11.4. The molecule has 0 fully saturated rings.